The highest BCUT2D eigenvalue weighted by molar-refractivity contribution is 6.30. The van der Waals surface area contributed by atoms with Crippen LogP contribution in [-0.2, 0) is 16.9 Å². The highest BCUT2D eigenvalue weighted by Crippen LogP contribution is 2.45. The summed E-state index contributed by atoms with van der Waals surface area (Å²) in [6.07, 6.45) is 7.54. The molecule has 2 atom stereocenters. The number of aromatic nitrogens is 2. The van der Waals surface area contributed by atoms with Crippen molar-refractivity contribution in [1.82, 2.24) is 14.9 Å². The van der Waals surface area contributed by atoms with Crippen LogP contribution in [0.1, 0.15) is 79.0 Å². The van der Waals surface area contributed by atoms with Gasteiger partial charge in [-0.3, -0.25) is 4.79 Å². The molecule has 202 valence electrons. The topological polar surface area (TPSA) is 75.5 Å². The van der Waals surface area contributed by atoms with E-state index in [2.05, 4.69) is 9.97 Å². The summed E-state index contributed by atoms with van der Waals surface area (Å²) in [6.45, 7) is 1.96. The Kier molecular flexibility index (Phi) is 9.36. The molecule has 1 amide bonds. The van der Waals surface area contributed by atoms with E-state index in [4.69, 9.17) is 27.9 Å². The van der Waals surface area contributed by atoms with Gasteiger partial charge in [0.15, 0.2) is 6.23 Å². The number of aliphatic hydroxyl groups is 1. The number of ether oxygens (including phenoxy) is 1. The van der Waals surface area contributed by atoms with E-state index in [1.54, 1.807) is 6.07 Å². The number of hydrogen-bond donors (Lipinski definition) is 1. The third kappa shape index (κ3) is 6.01. The number of benzene rings is 2. The fourth-order valence-electron chi connectivity index (χ4n) is 5.41. The normalized spacial score (nSPS) is 18.9. The van der Waals surface area contributed by atoms with Crippen LogP contribution in [-0.4, -0.2) is 33.0 Å². The molecule has 2 unspecified atom stereocenters. The molecular weight excluding hydrogens is 528 g/mol. The van der Waals surface area contributed by atoms with Crippen molar-refractivity contribution in [2.45, 2.75) is 63.8 Å². The van der Waals surface area contributed by atoms with Crippen LogP contribution in [0, 0.1) is 11.7 Å². The van der Waals surface area contributed by atoms with E-state index in [1.807, 2.05) is 37.3 Å². The van der Waals surface area contributed by atoms with Gasteiger partial charge in [0.2, 0.25) is 0 Å². The zero-order valence-electron chi connectivity index (χ0n) is 21.5. The number of rotatable bonds is 6. The average molecular weight is 560 g/mol. The Morgan fingerprint density at radius 3 is 2.29 bits per heavy atom. The molecular formula is C29H32Cl2FN3O3. The first-order chi connectivity index (χ1) is 18.3. The third-order valence-corrected chi connectivity index (χ3v) is 7.86. The maximum atomic E-state index is 15.3. The summed E-state index contributed by atoms with van der Waals surface area (Å²) in [7, 11) is 1.43. The number of carbonyl (C=O) groups excluding carboxylic acids is 1. The van der Waals surface area contributed by atoms with Crippen LogP contribution < -0.4 is 0 Å². The second-order valence-electron chi connectivity index (χ2n) is 9.67. The molecule has 1 saturated carbocycles. The lowest BCUT2D eigenvalue weighted by Crippen LogP contribution is -2.36. The monoisotopic (exact) mass is 559 g/mol. The minimum atomic E-state index is -1.16. The number of fused-ring (bicyclic) bond motifs is 1. The number of carbonyl (C=O) groups is 1. The van der Waals surface area contributed by atoms with Crippen molar-refractivity contribution in [3.63, 3.8) is 0 Å². The predicted octanol–water partition coefficient (Wildman–Crippen LogP) is 7.09. The molecule has 6 nitrogen and oxygen atoms in total. The van der Waals surface area contributed by atoms with Crippen LogP contribution in [0.25, 0.3) is 0 Å². The molecule has 5 rings (SSSR count). The minimum absolute atomic E-state index is 0.0528. The quantitative estimate of drug-likeness (QED) is 0.349. The molecule has 1 fully saturated rings. The second-order valence-corrected chi connectivity index (χ2v) is 10.5. The van der Waals surface area contributed by atoms with E-state index in [0.29, 0.717) is 22.8 Å². The zero-order valence-corrected chi connectivity index (χ0v) is 23.1. The molecule has 2 heterocycles. The fraction of sp³-hybridized carbons (Fsp3) is 0.414. The van der Waals surface area contributed by atoms with Crippen molar-refractivity contribution >= 4 is 29.1 Å². The standard InChI is InChI=1S/C23H27ClFN3O3.C6H5Cl/c1-3-23(30,14-7-5-4-6-8-14)15-9-17-20(18(25)10-15)22(31-2)28(21(17)29)13-19-26-11-16(24)12-27-19;7-6-4-2-1-3-5-6/h9-12,14,22,30H,3-8,13H2,1-2H3;1-5H. The minimum Gasteiger partial charge on any atom is -0.385 e. The smallest absolute Gasteiger partial charge is 0.257 e. The van der Waals surface area contributed by atoms with Gasteiger partial charge in [-0.2, -0.15) is 0 Å². The Labute approximate surface area is 232 Å². The van der Waals surface area contributed by atoms with Crippen molar-refractivity contribution < 1.29 is 19.0 Å². The van der Waals surface area contributed by atoms with Crippen LogP contribution in [0.2, 0.25) is 10.0 Å². The van der Waals surface area contributed by atoms with Gasteiger partial charge in [0, 0.05) is 30.1 Å². The maximum absolute atomic E-state index is 15.3. The first kappa shape index (κ1) is 28.4. The van der Waals surface area contributed by atoms with Gasteiger partial charge in [0.1, 0.15) is 11.6 Å². The molecule has 2 aromatic carbocycles. The zero-order chi connectivity index (χ0) is 27.3. The maximum Gasteiger partial charge on any atom is 0.257 e. The lowest BCUT2D eigenvalue weighted by molar-refractivity contribution is -0.0425. The summed E-state index contributed by atoms with van der Waals surface area (Å²) in [5.41, 5.74) is -0.289. The highest BCUT2D eigenvalue weighted by atomic mass is 35.5. The Bertz CT molecular complexity index is 1240. The van der Waals surface area contributed by atoms with E-state index < -0.39 is 17.6 Å². The molecule has 0 bridgehead atoms. The average Bonchev–Trinajstić information content (AvgIpc) is 3.21. The summed E-state index contributed by atoms with van der Waals surface area (Å²) < 4.78 is 20.8. The van der Waals surface area contributed by atoms with Gasteiger partial charge in [-0.15, -0.1) is 0 Å². The number of hydrogen-bond acceptors (Lipinski definition) is 5. The lowest BCUT2D eigenvalue weighted by Gasteiger charge is -2.38. The Morgan fingerprint density at radius 1 is 1.08 bits per heavy atom. The predicted molar refractivity (Wildman–Crippen MR) is 145 cm³/mol. The Balaban J connectivity index is 0.000000417. The summed E-state index contributed by atoms with van der Waals surface area (Å²) in [4.78, 5) is 22.9. The first-order valence-corrected chi connectivity index (χ1v) is 13.6. The van der Waals surface area contributed by atoms with Crippen LogP contribution in [0.15, 0.2) is 54.9 Å². The van der Waals surface area contributed by atoms with Gasteiger partial charge >= 0.3 is 0 Å². The number of nitrogens with zero attached hydrogens (tertiary/aromatic N) is 3. The molecule has 1 N–H and O–H groups in total. The van der Waals surface area contributed by atoms with Crippen LogP contribution in [0.3, 0.4) is 0 Å². The van der Waals surface area contributed by atoms with E-state index in [-0.39, 0.29) is 29.5 Å². The van der Waals surface area contributed by atoms with Crippen LogP contribution in [0.4, 0.5) is 4.39 Å². The van der Waals surface area contributed by atoms with Crippen molar-refractivity contribution in [3.05, 3.63) is 93.2 Å². The van der Waals surface area contributed by atoms with Crippen LogP contribution >= 0.6 is 23.2 Å². The van der Waals surface area contributed by atoms with E-state index in [0.717, 1.165) is 37.1 Å². The SMILES string of the molecule is CCC(O)(c1cc(F)c2c(c1)C(=O)N(Cc1ncc(Cl)cn1)C2OC)C1CCCCC1.Clc1ccccc1. The summed E-state index contributed by atoms with van der Waals surface area (Å²) in [5.74, 6) is -0.490. The summed E-state index contributed by atoms with van der Waals surface area (Å²) >= 11 is 11.4. The molecule has 1 aliphatic heterocycles. The highest BCUT2D eigenvalue weighted by Gasteiger charge is 2.43. The second kappa shape index (κ2) is 12.5. The summed E-state index contributed by atoms with van der Waals surface area (Å²) in [6, 6.07) is 12.5. The van der Waals surface area contributed by atoms with Gasteiger partial charge < -0.3 is 14.7 Å². The summed E-state index contributed by atoms with van der Waals surface area (Å²) in [5, 5.41) is 12.7. The molecule has 38 heavy (non-hydrogen) atoms. The van der Waals surface area contributed by atoms with Gasteiger partial charge in [0.25, 0.3) is 5.91 Å². The molecule has 9 heteroatoms. The Hall–Kier alpha value is -2.58. The van der Waals surface area contributed by atoms with Gasteiger partial charge in [-0.05, 0) is 55.0 Å². The Morgan fingerprint density at radius 2 is 1.74 bits per heavy atom. The fourth-order valence-corrected chi connectivity index (χ4v) is 5.65. The number of amides is 1. The van der Waals surface area contributed by atoms with Gasteiger partial charge in [0.05, 0.1) is 22.7 Å². The molecule has 0 radical (unpaired) electrons. The van der Waals surface area contributed by atoms with E-state index in [1.165, 1.54) is 30.5 Å². The molecule has 0 saturated heterocycles. The third-order valence-electron chi connectivity index (χ3n) is 7.41. The molecule has 3 aromatic rings. The molecule has 1 aliphatic carbocycles. The molecule has 2 aliphatic rings. The van der Waals surface area contributed by atoms with Crippen LogP contribution in [0.5, 0.6) is 0 Å². The number of halogens is 3. The van der Waals surface area contributed by atoms with Crippen molar-refractivity contribution in [1.29, 1.82) is 0 Å². The lowest BCUT2D eigenvalue weighted by atomic mass is 9.71. The molecule has 1 aromatic heterocycles. The van der Waals surface area contributed by atoms with Gasteiger partial charge in [-0.1, -0.05) is 67.6 Å². The largest absolute Gasteiger partial charge is 0.385 e. The van der Waals surface area contributed by atoms with Gasteiger partial charge in [-0.25, -0.2) is 14.4 Å². The van der Waals surface area contributed by atoms with Crippen molar-refractivity contribution in [3.8, 4) is 0 Å². The first-order valence-electron chi connectivity index (χ1n) is 12.9. The van der Waals surface area contributed by atoms with Crippen molar-refractivity contribution in [2.24, 2.45) is 5.92 Å². The van der Waals surface area contributed by atoms with E-state index in [9.17, 15) is 9.90 Å². The molecule has 0 spiro atoms. The number of methoxy groups -OCH3 is 1. The van der Waals surface area contributed by atoms with Crippen molar-refractivity contribution in [2.75, 3.05) is 7.11 Å². The van der Waals surface area contributed by atoms with E-state index >= 15 is 4.39 Å².